The van der Waals surface area contributed by atoms with Crippen LogP contribution in [0.2, 0.25) is 0 Å². The summed E-state index contributed by atoms with van der Waals surface area (Å²) in [5.41, 5.74) is 18.2. The van der Waals surface area contributed by atoms with E-state index in [4.69, 9.17) is 31.4 Å². The third kappa shape index (κ3) is 20.2. The van der Waals surface area contributed by atoms with Gasteiger partial charge in [-0.2, -0.15) is 0 Å². The SMILES string of the molecule is CCCCCCCCCCCCCCC.CCCNCCC[C@@H](C)[C@H]1CC[C@H]2[C@@H]3[C@H](OCCCN)C[C@@H]4C[C@H](OCCCN)CC[C@]4(C)[C@H]3C[C@H](OCCCN)[C@]12C.Cl.Cl.Cl.Cl. The Balaban J connectivity index is 0. The van der Waals surface area contributed by atoms with Crippen molar-refractivity contribution in [3.8, 4) is 0 Å². The molecule has 0 aromatic rings. The zero-order valence-electron chi connectivity index (χ0n) is 41.3. The van der Waals surface area contributed by atoms with Crippen molar-refractivity contribution >= 4 is 49.6 Å². The molecule has 4 rings (SSSR count). The van der Waals surface area contributed by atoms with Crippen molar-refractivity contribution in [2.24, 2.45) is 63.5 Å². The maximum Gasteiger partial charge on any atom is 0.0637 e. The van der Waals surface area contributed by atoms with Gasteiger partial charge in [0.05, 0.1) is 18.3 Å². The van der Waals surface area contributed by atoms with E-state index in [1.807, 2.05) is 0 Å². The van der Waals surface area contributed by atoms with Crippen LogP contribution in [0.5, 0.6) is 0 Å². The van der Waals surface area contributed by atoms with Crippen LogP contribution in [0, 0.1) is 46.3 Å². The van der Waals surface area contributed by atoms with Gasteiger partial charge in [0.15, 0.2) is 0 Å². The smallest absolute Gasteiger partial charge is 0.0637 e. The molecule has 4 saturated carbocycles. The molecular formula is C51H106Cl4N4O3. The van der Waals surface area contributed by atoms with E-state index in [0.717, 1.165) is 58.6 Å². The number of hydrogen-bond donors (Lipinski definition) is 4. The quantitative estimate of drug-likeness (QED) is 0.0511. The summed E-state index contributed by atoms with van der Waals surface area (Å²) in [5.74, 6) is 3.94. The highest BCUT2D eigenvalue weighted by atomic mass is 35.5. The summed E-state index contributed by atoms with van der Waals surface area (Å²) in [6.45, 7) is 21.4. The van der Waals surface area contributed by atoms with Crippen LogP contribution < -0.4 is 22.5 Å². The zero-order chi connectivity index (χ0) is 42.1. The molecule has 0 unspecified atom stereocenters. The molecular weight excluding hydrogens is 858 g/mol. The number of halogens is 4. The summed E-state index contributed by atoms with van der Waals surface area (Å²) in [6.07, 6.45) is 35.1. The van der Waals surface area contributed by atoms with Gasteiger partial charge in [-0.25, -0.2) is 0 Å². The largest absolute Gasteiger partial charge is 0.378 e. The fourth-order valence-electron chi connectivity index (χ4n) is 12.7. The Hall–Kier alpha value is 0.880. The zero-order valence-corrected chi connectivity index (χ0v) is 44.6. The molecule has 376 valence electrons. The Bertz CT molecular complexity index is 1010. The first-order valence-corrected chi connectivity index (χ1v) is 25.9. The van der Waals surface area contributed by atoms with E-state index < -0.39 is 0 Å². The van der Waals surface area contributed by atoms with Crippen LogP contribution in [-0.2, 0) is 14.2 Å². The van der Waals surface area contributed by atoms with Crippen molar-refractivity contribution in [3.05, 3.63) is 0 Å². The lowest BCUT2D eigenvalue weighted by atomic mass is 9.43. The first-order valence-electron chi connectivity index (χ1n) is 25.9. The molecule has 11 heteroatoms. The lowest BCUT2D eigenvalue weighted by molar-refractivity contribution is -0.227. The van der Waals surface area contributed by atoms with Crippen molar-refractivity contribution in [2.75, 3.05) is 52.5 Å². The number of fused-ring (bicyclic) bond motifs is 5. The molecule has 0 spiro atoms. The molecule has 0 heterocycles. The van der Waals surface area contributed by atoms with E-state index in [-0.39, 0.29) is 55.0 Å². The molecule has 0 aromatic carbocycles. The maximum atomic E-state index is 6.99. The van der Waals surface area contributed by atoms with Crippen LogP contribution >= 0.6 is 49.6 Å². The fraction of sp³-hybridized carbons (Fsp3) is 1.00. The highest BCUT2D eigenvalue weighted by Gasteiger charge is 2.66. The van der Waals surface area contributed by atoms with E-state index in [1.165, 1.54) is 141 Å². The van der Waals surface area contributed by atoms with Gasteiger partial charge in [-0.15, -0.1) is 49.6 Å². The van der Waals surface area contributed by atoms with Crippen molar-refractivity contribution in [3.63, 3.8) is 0 Å². The maximum absolute atomic E-state index is 6.99. The van der Waals surface area contributed by atoms with Crippen LogP contribution in [0.3, 0.4) is 0 Å². The summed E-state index contributed by atoms with van der Waals surface area (Å²) in [6, 6.07) is 0. The second kappa shape index (κ2) is 37.8. The second-order valence-electron chi connectivity index (χ2n) is 20.2. The molecule has 0 saturated heterocycles. The van der Waals surface area contributed by atoms with E-state index in [9.17, 15) is 0 Å². The molecule has 0 radical (unpaired) electrons. The Kier molecular flexibility index (Phi) is 39.6. The van der Waals surface area contributed by atoms with Crippen LogP contribution in [0.4, 0.5) is 0 Å². The Labute approximate surface area is 409 Å². The van der Waals surface area contributed by atoms with Gasteiger partial charge in [-0.1, -0.05) is 125 Å². The Morgan fingerprint density at radius 3 is 1.63 bits per heavy atom. The summed E-state index contributed by atoms with van der Waals surface area (Å²) >= 11 is 0. The fourth-order valence-corrected chi connectivity index (χ4v) is 12.7. The summed E-state index contributed by atoms with van der Waals surface area (Å²) in [4.78, 5) is 0. The van der Waals surface area contributed by atoms with Crippen LogP contribution in [-0.4, -0.2) is 70.9 Å². The number of hydrogen-bond acceptors (Lipinski definition) is 7. The normalized spacial score (nSPS) is 30.1. The van der Waals surface area contributed by atoms with Crippen molar-refractivity contribution in [1.29, 1.82) is 0 Å². The topological polar surface area (TPSA) is 118 Å². The predicted molar refractivity (Wildman–Crippen MR) is 278 cm³/mol. The average Bonchev–Trinajstić information content (AvgIpc) is 3.58. The van der Waals surface area contributed by atoms with Gasteiger partial charge in [0.2, 0.25) is 0 Å². The summed E-state index contributed by atoms with van der Waals surface area (Å²) in [7, 11) is 0. The molecule has 62 heavy (non-hydrogen) atoms. The number of nitrogens with two attached hydrogens (primary N) is 3. The lowest BCUT2D eigenvalue weighted by Gasteiger charge is -2.65. The molecule has 4 fully saturated rings. The van der Waals surface area contributed by atoms with Crippen LogP contribution in [0.15, 0.2) is 0 Å². The molecule has 4 aliphatic carbocycles. The molecule has 7 N–H and O–H groups in total. The first kappa shape index (κ1) is 65.0. The van der Waals surface area contributed by atoms with Gasteiger partial charge < -0.3 is 36.7 Å². The van der Waals surface area contributed by atoms with Crippen molar-refractivity contribution in [2.45, 2.75) is 227 Å². The summed E-state index contributed by atoms with van der Waals surface area (Å²) < 4.78 is 20.3. The van der Waals surface area contributed by atoms with Crippen molar-refractivity contribution < 1.29 is 14.2 Å². The van der Waals surface area contributed by atoms with E-state index in [0.29, 0.717) is 78.9 Å². The third-order valence-electron chi connectivity index (χ3n) is 16.1. The minimum Gasteiger partial charge on any atom is -0.378 e. The van der Waals surface area contributed by atoms with Gasteiger partial charge in [-0.3, -0.25) is 0 Å². The minimum absolute atomic E-state index is 0. The van der Waals surface area contributed by atoms with Crippen LogP contribution in [0.25, 0.3) is 0 Å². The first-order chi connectivity index (χ1) is 28.3. The number of nitrogens with one attached hydrogen (secondary N) is 1. The molecule has 0 amide bonds. The number of unbranched alkanes of at least 4 members (excludes halogenated alkanes) is 12. The number of ether oxygens (including phenoxy) is 3. The molecule has 0 bridgehead atoms. The predicted octanol–water partition coefficient (Wildman–Crippen LogP) is 13.3. The highest BCUT2D eigenvalue weighted by Crippen LogP contribution is 2.69. The molecule has 4 aliphatic rings. The van der Waals surface area contributed by atoms with Gasteiger partial charge in [0.25, 0.3) is 0 Å². The minimum atomic E-state index is 0. The van der Waals surface area contributed by atoms with Gasteiger partial charge in [-0.05, 0) is 157 Å². The molecule has 11 atom stereocenters. The summed E-state index contributed by atoms with van der Waals surface area (Å²) in [5, 5.41) is 3.63. The number of rotatable bonds is 31. The van der Waals surface area contributed by atoms with E-state index >= 15 is 0 Å². The molecule has 7 nitrogen and oxygen atoms in total. The second-order valence-corrected chi connectivity index (χ2v) is 20.2. The van der Waals surface area contributed by atoms with Crippen molar-refractivity contribution in [1.82, 2.24) is 5.32 Å². The Morgan fingerprint density at radius 1 is 0.565 bits per heavy atom. The Morgan fingerprint density at radius 2 is 1.10 bits per heavy atom. The average molecular weight is 965 g/mol. The lowest BCUT2D eigenvalue weighted by Crippen LogP contribution is -2.63. The van der Waals surface area contributed by atoms with Crippen LogP contribution in [0.1, 0.15) is 208 Å². The van der Waals surface area contributed by atoms with Gasteiger partial charge in [0.1, 0.15) is 0 Å². The standard InChI is InChI=1S/C36H70N4O3.C15H32.4ClH/c1-5-18-40-19-6-10-26(2)29-11-12-30-34-31(25-33(36(29,30)4)43-22-9-17-39)35(3)14-13-28(41-20-7-15-37)23-27(35)24-32(34)42-21-8-16-38;1-3-5-7-9-11-13-15-14-12-10-8-6-4-2;;;;/h26-34,40H,5-25,37-39H2,1-4H3;3-15H2,1-2H3;4*1H/t26-,27+,28-,29-,30+,31+,32-,33+,34+,35+,36-;;;;;/m1...../s1. The monoisotopic (exact) mass is 963 g/mol. The molecule has 0 aliphatic heterocycles. The van der Waals surface area contributed by atoms with E-state index in [1.54, 1.807) is 0 Å². The molecule has 0 aromatic heterocycles. The van der Waals surface area contributed by atoms with Gasteiger partial charge >= 0.3 is 0 Å². The highest BCUT2D eigenvalue weighted by molar-refractivity contribution is 5.86. The third-order valence-corrected chi connectivity index (χ3v) is 16.1. The van der Waals surface area contributed by atoms with Gasteiger partial charge in [0, 0.05) is 25.2 Å². The van der Waals surface area contributed by atoms with E-state index in [2.05, 4.69) is 46.9 Å².